The van der Waals surface area contributed by atoms with E-state index in [2.05, 4.69) is 9.83 Å². The molecule has 114 valence electrons. The number of aryl methyl sites for hydroxylation is 2. The van der Waals surface area contributed by atoms with Crippen molar-refractivity contribution in [2.45, 2.75) is 26.9 Å². The number of hydrogen-bond donors (Lipinski definition) is 0. The van der Waals surface area contributed by atoms with Gasteiger partial charge in [-0.25, -0.2) is 14.7 Å². The Morgan fingerprint density at radius 1 is 1.18 bits per heavy atom. The molecule has 1 aliphatic rings. The number of carbonyl (C=O) groups is 2. The molecule has 0 atom stereocenters. The lowest BCUT2D eigenvalue weighted by Gasteiger charge is -2.18. The molecule has 2 amide bonds. The number of amides is 2. The van der Waals surface area contributed by atoms with E-state index in [4.69, 9.17) is 6.57 Å². The molecule has 0 saturated carbocycles. The van der Waals surface area contributed by atoms with Gasteiger partial charge < -0.3 is 0 Å². The molecule has 0 bridgehead atoms. The molecule has 0 unspecified atom stereocenters. The molecule has 0 aromatic carbocycles. The maximum atomic E-state index is 12.9. The predicted octanol–water partition coefficient (Wildman–Crippen LogP) is 3.00. The van der Waals surface area contributed by atoms with E-state index in [1.165, 1.54) is 19.9 Å². The predicted molar refractivity (Wildman–Crippen MR) is 71.2 cm³/mol. The Kier molecular flexibility index (Phi) is 3.53. The molecule has 8 heteroatoms. The van der Waals surface area contributed by atoms with Crippen molar-refractivity contribution in [2.75, 3.05) is 4.90 Å². The summed E-state index contributed by atoms with van der Waals surface area (Å²) in [6.45, 7) is 10.9. The van der Waals surface area contributed by atoms with E-state index in [1.54, 1.807) is 0 Å². The van der Waals surface area contributed by atoms with Crippen LogP contribution in [0.4, 0.5) is 24.7 Å². The summed E-state index contributed by atoms with van der Waals surface area (Å²) < 4.78 is 38.7. The van der Waals surface area contributed by atoms with Gasteiger partial charge in [0.15, 0.2) is 0 Å². The van der Waals surface area contributed by atoms with Crippen molar-refractivity contribution < 1.29 is 22.8 Å². The molecule has 2 heterocycles. The van der Waals surface area contributed by atoms with Crippen molar-refractivity contribution in [1.82, 2.24) is 4.98 Å². The van der Waals surface area contributed by atoms with Gasteiger partial charge in [0.25, 0.3) is 11.8 Å². The molecule has 0 radical (unpaired) electrons. The fourth-order valence-corrected chi connectivity index (χ4v) is 2.18. The second-order valence-electron chi connectivity index (χ2n) is 4.79. The maximum Gasteiger partial charge on any atom is 0.422 e. The molecule has 1 aromatic rings. The third-order valence-corrected chi connectivity index (χ3v) is 3.28. The lowest BCUT2D eigenvalue weighted by molar-refractivity contribution is -0.128. The van der Waals surface area contributed by atoms with Crippen LogP contribution in [0.5, 0.6) is 0 Å². The van der Waals surface area contributed by atoms with Crippen LogP contribution in [0.15, 0.2) is 17.2 Å². The van der Waals surface area contributed by atoms with Crippen molar-refractivity contribution >= 4 is 23.3 Å². The number of pyridine rings is 1. The maximum absolute atomic E-state index is 12.9. The first kappa shape index (κ1) is 15.7. The second kappa shape index (κ2) is 4.94. The smallest absolute Gasteiger partial charge is 0.269 e. The molecule has 2 rings (SSSR count). The zero-order valence-corrected chi connectivity index (χ0v) is 11.9. The summed E-state index contributed by atoms with van der Waals surface area (Å²) in [4.78, 5) is 31.6. The molecule has 1 aromatic heterocycles. The number of nitrogens with zero attached hydrogens (tertiary/aromatic N) is 3. The van der Waals surface area contributed by atoms with Gasteiger partial charge in [-0.3, -0.25) is 9.59 Å². The highest BCUT2D eigenvalue weighted by atomic mass is 19.4. The van der Waals surface area contributed by atoms with Crippen molar-refractivity contribution in [3.05, 3.63) is 39.9 Å². The minimum Gasteiger partial charge on any atom is -0.269 e. The Labute approximate surface area is 123 Å². The Bertz CT molecular complexity index is 773. The van der Waals surface area contributed by atoms with Crippen LogP contribution in [-0.2, 0) is 9.59 Å². The highest BCUT2D eigenvalue weighted by Gasteiger charge is 2.50. The van der Waals surface area contributed by atoms with Gasteiger partial charge in [0, 0.05) is 11.3 Å². The standard InChI is InChI=1S/C14H10F3N3O2/c1-6-5-9(18-4)8(3)19-11(6)20-12(21)7(2)10(13(20)22)14(15,16)17/h5H,1-3H3. The second-order valence-corrected chi connectivity index (χ2v) is 4.79. The van der Waals surface area contributed by atoms with Crippen LogP contribution in [-0.4, -0.2) is 23.0 Å². The lowest BCUT2D eigenvalue weighted by atomic mass is 10.1. The van der Waals surface area contributed by atoms with Gasteiger partial charge >= 0.3 is 6.18 Å². The number of halogens is 3. The van der Waals surface area contributed by atoms with Crippen molar-refractivity contribution in [3.63, 3.8) is 0 Å². The Hall–Kier alpha value is -2.69. The summed E-state index contributed by atoms with van der Waals surface area (Å²) >= 11 is 0. The minimum absolute atomic E-state index is 0.182. The largest absolute Gasteiger partial charge is 0.422 e. The first-order valence-corrected chi connectivity index (χ1v) is 6.12. The molecule has 5 nitrogen and oxygen atoms in total. The molecule has 1 aliphatic heterocycles. The summed E-state index contributed by atoms with van der Waals surface area (Å²) in [7, 11) is 0. The number of carbonyl (C=O) groups excluding carboxylic acids is 2. The zero-order chi connectivity index (χ0) is 16.8. The summed E-state index contributed by atoms with van der Waals surface area (Å²) in [5, 5.41) is 0. The molecule has 0 spiro atoms. The van der Waals surface area contributed by atoms with Gasteiger partial charge in [0.2, 0.25) is 5.69 Å². The summed E-state index contributed by atoms with van der Waals surface area (Å²) in [5.74, 6) is -2.68. The average molecular weight is 309 g/mol. The Balaban J connectivity index is 2.59. The monoisotopic (exact) mass is 309 g/mol. The summed E-state index contributed by atoms with van der Waals surface area (Å²) in [6, 6.07) is 1.38. The Morgan fingerprint density at radius 3 is 2.23 bits per heavy atom. The number of anilines is 1. The fourth-order valence-electron chi connectivity index (χ4n) is 2.18. The van der Waals surface area contributed by atoms with Gasteiger partial charge in [-0.2, -0.15) is 13.2 Å². The number of aromatic nitrogens is 1. The van der Waals surface area contributed by atoms with Crippen molar-refractivity contribution in [2.24, 2.45) is 0 Å². The van der Waals surface area contributed by atoms with Crippen molar-refractivity contribution in [1.29, 1.82) is 0 Å². The van der Waals surface area contributed by atoms with Crippen LogP contribution >= 0.6 is 0 Å². The van der Waals surface area contributed by atoms with Gasteiger partial charge in [-0.1, -0.05) is 0 Å². The van der Waals surface area contributed by atoms with Gasteiger partial charge in [-0.05, 0) is 32.4 Å². The molecular weight excluding hydrogens is 299 g/mol. The van der Waals surface area contributed by atoms with Gasteiger partial charge in [0.1, 0.15) is 11.4 Å². The number of rotatable bonds is 1. The topological polar surface area (TPSA) is 54.6 Å². The average Bonchev–Trinajstić information content (AvgIpc) is 2.62. The third kappa shape index (κ3) is 2.24. The molecular formula is C14H10F3N3O2. The molecule has 0 fully saturated rings. The highest BCUT2D eigenvalue weighted by molar-refractivity contribution is 6.33. The molecule has 0 N–H and O–H groups in total. The van der Waals surface area contributed by atoms with E-state index in [0.29, 0.717) is 4.90 Å². The first-order chi connectivity index (χ1) is 10.1. The number of alkyl halides is 3. The summed E-state index contributed by atoms with van der Waals surface area (Å²) in [6.07, 6.45) is -4.91. The van der Waals surface area contributed by atoms with Crippen LogP contribution in [0.25, 0.3) is 4.85 Å². The van der Waals surface area contributed by atoms with Crippen LogP contribution in [0.3, 0.4) is 0 Å². The van der Waals surface area contributed by atoms with E-state index in [-0.39, 0.29) is 22.8 Å². The number of hydrogen-bond acceptors (Lipinski definition) is 3. The van der Waals surface area contributed by atoms with E-state index >= 15 is 0 Å². The molecule has 0 saturated heterocycles. The van der Waals surface area contributed by atoms with Crippen LogP contribution in [0.1, 0.15) is 18.2 Å². The van der Waals surface area contributed by atoms with Crippen LogP contribution in [0, 0.1) is 20.4 Å². The molecule has 22 heavy (non-hydrogen) atoms. The van der Waals surface area contributed by atoms with E-state index < -0.39 is 29.1 Å². The van der Waals surface area contributed by atoms with Gasteiger partial charge in [0.05, 0.1) is 6.57 Å². The van der Waals surface area contributed by atoms with E-state index in [0.717, 1.165) is 6.92 Å². The molecule has 0 aliphatic carbocycles. The highest BCUT2D eigenvalue weighted by Crippen LogP contribution is 2.37. The van der Waals surface area contributed by atoms with E-state index in [9.17, 15) is 22.8 Å². The normalized spacial score (nSPS) is 15.6. The first-order valence-electron chi connectivity index (χ1n) is 6.12. The van der Waals surface area contributed by atoms with Gasteiger partial charge in [-0.15, -0.1) is 0 Å². The van der Waals surface area contributed by atoms with Crippen LogP contribution in [0.2, 0.25) is 0 Å². The van der Waals surface area contributed by atoms with Crippen LogP contribution < -0.4 is 4.90 Å². The Morgan fingerprint density at radius 2 is 1.77 bits per heavy atom. The number of imide groups is 1. The zero-order valence-electron chi connectivity index (χ0n) is 11.9. The minimum atomic E-state index is -4.91. The lowest BCUT2D eigenvalue weighted by Crippen LogP contribution is -2.35. The summed E-state index contributed by atoms with van der Waals surface area (Å²) in [5.41, 5.74) is -1.43. The quantitative estimate of drug-likeness (QED) is 0.592. The fraction of sp³-hybridized carbons (Fsp3) is 0.286. The van der Waals surface area contributed by atoms with E-state index in [1.807, 2.05) is 0 Å². The SMILES string of the molecule is [C-]#[N+]c1cc(C)c(N2C(=O)C(C)=C(C(F)(F)F)C2=O)nc1C. The third-order valence-electron chi connectivity index (χ3n) is 3.28. The van der Waals surface area contributed by atoms with Crippen molar-refractivity contribution in [3.8, 4) is 0 Å².